The molecule has 1 N–H and O–H groups in total. The zero-order chi connectivity index (χ0) is 21.3. The van der Waals surface area contributed by atoms with E-state index < -0.39 is 10.0 Å². The molecule has 8 heteroatoms. The SMILES string of the molecule is Cc1c(Cl)cccc1S(=O)(=O)N1CCCC(c2ccc(SNC(=O)C3CC3)cc2)C1. The topological polar surface area (TPSA) is 66.5 Å². The molecule has 1 heterocycles. The number of nitrogens with zero attached hydrogens (tertiary/aromatic N) is 1. The molecule has 1 saturated carbocycles. The van der Waals surface area contributed by atoms with Crippen LogP contribution in [0.2, 0.25) is 5.02 Å². The zero-order valence-electron chi connectivity index (χ0n) is 16.8. The lowest BCUT2D eigenvalue weighted by atomic mass is 9.92. The molecule has 1 atom stereocenters. The van der Waals surface area contributed by atoms with Crippen LogP contribution < -0.4 is 4.72 Å². The molecule has 0 aromatic heterocycles. The molecule has 5 nitrogen and oxygen atoms in total. The lowest BCUT2D eigenvalue weighted by Gasteiger charge is -2.32. The number of hydrogen-bond donors (Lipinski definition) is 1. The predicted molar refractivity (Wildman–Crippen MR) is 120 cm³/mol. The van der Waals surface area contributed by atoms with Gasteiger partial charge in [-0.05, 0) is 85.9 Å². The van der Waals surface area contributed by atoms with E-state index >= 15 is 0 Å². The number of benzene rings is 2. The van der Waals surface area contributed by atoms with Crippen LogP contribution in [0.1, 0.15) is 42.7 Å². The number of carbonyl (C=O) groups excluding carboxylic acids is 1. The third-order valence-electron chi connectivity index (χ3n) is 5.79. The highest BCUT2D eigenvalue weighted by molar-refractivity contribution is 7.98. The van der Waals surface area contributed by atoms with Crippen molar-refractivity contribution in [3.63, 3.8) is 0 Å². The molecular weight excluding hydrogens is 440 g/mol. The molecule has 0 bridgehead atoms. The number of hydrogen-bond acceptors (Lipinski definition) is 4. The Bertz CT molecular complexity index is 1040. The Labute approximate surface area is 187 Å². The number of nitrogens with one attached hydrogen (secondary N) is 1. The van der Waals surface area contributed by atoms with E-state index in [1.807, 2.05) is 24.3 Å². The molecule has 0 spiro atoms. The Morgan fingerprint density at radius 2 is 1.87 bits per heavy atom. The Morgan fingerprint density at radius 3 is 2.57 bits per heavy atom. The molecule has 2 aromatic rings. The fraction of sp³-hybridized carbons (Fsp3) is 0.409. The first-order chi connectivity index (χ1) is 14.4. The average Bonchev–Trinajstić information content (AvgIpc) is 3.60. The summed E-state index contributed by atoms with van der Waals surface area (Å²) < 4.78 is 30.9. The van der Waals surface area contributed by atoms with E-state index in [-0.39, 0.29) is 22.6 Å². The summed E-state index contributed by atoms with van der Waals surface area (Å²) in [5, 5.41) is 0.464. The van der Waals surface area contributed by atoms with E-state index in [0.717, 1.165) is 36.1 Å². The lowest BCUT2D eigenvalue weighted by Crippen LogP contribution is -2.39. The van der Waals surface area contributed by atoms with Gasteiger partial charge >= 0.3 is 0 Å². The number of piperidine rings is 1. The van der Waals surface area contributed by atoms with Crippen molar-refractivity contribution in [3.8, 4) is 0 Å². The molecule has 1 unspecified atom stereocenters. The van der Waals surface area contributed by atoms with Crippen LogP contribution in [0, 0.1) is 12.8 Å². The first-order valence-corrected chi connectivity index (χ1v) is 12.8. The van der Waals surface area contributed by atoms with Gasteiger partial charge in [-0.25, -0.2) is 8.42 Å². The summed E-state index contributed by atoms with van der Waals surface area (Å²) in [6.07, 6.45) is 3.74. The lowest BCUT2D eigenvalue weighted by molar-refractivity contribution is -0.120. The maximum Gasteiger partial charge on any atom is 0.243 e. The fourth-order valence-electron chi connectivity index (χ4n) is 3.79. The van der Waals surface area contributed by atoms with Crippen molar-refractivity contribution < 1.29 is 13.2 Å². The first-order valence-electron chi connectivity index (χ1n) is 10.2. The summed E-state index contributed by atoms with van der Waals surface area (Å²) in [5.41, 5.74) is 1.71. The van der Waals surface area contributed by atoms with E-state index in [1.54, 1.807) is 29.4 Å². The van der Waals surface area contributed by atoms with Gasteiger partial charge in [0.25, 0.3) is 0 Å². The molecule has 2 aromatic carbocycles. The van der Waals surface area contributed by atoms with Crippen molar-refractivity contribution in [1.29, 1.82) is 0 Å². The second-order valence-electron chi connectivity index (χ2n) is 7.98. The number of halogens is 1. The van der Waals surface area contributed by atoms with Gasteiger partial charge in [0.15, 0.2) is 0 Å². The van der Waals surface area contributed by atoms with E-state index in [9.17, 15) is 13.2 Å². The molecule has 2 fully saturated rings. The Morgan fingerprint density at radius 1 is 1.13 bits per heavy atom. The normalized spacial score (nSPS) is 20.1. The Hall–Kier alpha value is -1.54. The Kier molecular flexibility index (Phi) is 6.44. The van der Waals surface area contributed by atoms with Crippen molar-refractivity contribution in [1.82, 2.24) is 9.03 Å². The molecule has 1 saturated heterocycles. The maximum atomic E-state index is 13.2. The second kappa shape index (κ2) is 8.91. The first kappa shape index (κ1) is 21.7. The molecule has 30 heavy (non-hydrogen) atoms. The quantitative estimate of drug-likeness (QED) is 0.626. The smallest absolute Gasteiger partial charge is 0.243 e. The van der Waals surface area contributed by atoms with Crippen LogP contribution in [0.25, 0.3) is 0 Å². The highest BCUT2D eigenvalue weighted by atomic mass is 35.5. The van der Waals surface area contributed by atoms with Crippen molar-refractivity contribution in [2.45, 2.75) is 48.3 Å². The van der Waals surface area contributed by atoms with Crippen molar-refractivity contribution >= 4 is 39.5 Å². The zero-order valence-corrected chi connectivity index (χ0v) is 19.2. The van der Waals surface area contributed by atoms with Gasteiger partial charge in [0.1, 0.15) is 0 Å². The van der Waals surface area contributed by atoms with Gasteiger partial charge in [-0.2, -0.15) is 4.31 Å². The number of carbonyl (C=O) groups is 1. The molecule has 1 aliphatic heterocycles. The van der Waals surface area contributed by atoms with Crippen LogP contribution in [0.4, 0.5) is 0 Å². The van der Waals surface area contributed by atoms with Crippen LogP contribution in [-0.2, 0) is 14.8 Å². The van der Waals surface area contributed by atoms with Gasteiger partial charge in [0.05, 0.1) is 4.90 Å². The third-order valence-corrected chi connectivity index (χ3v) is 9.02. The summed E-state index contributed by atoms with van der Waals surface area (Å²) in [4.78, 5) is 13.0. The molecule has 160 valence electrons. The van der Waals surface area contributed by atoms with Crippen molar-refractivity contribution in [2.24, 2.45) is 5.92 Å². The van der Waals surface area contributed by atoms with Gasteiger partial charge in [-0.1, -0.05) is 29.8 Å². The van der Waals surface area contributed by atoms with E-state index in [1.165, 1.54) is 11.9 Å². The summed E-state index contributed by atoms with van der Waals surface area (Å²) >= 11 is 7.49. The summed E-state index contributed by atoms with van der Waals surface area (Å²) in [5.74, 6) is 0.441. The maximum absolute atomic E-state index is 13.2. The second-order valence-corrected chi connectivity index (χ2v) is 11.2. The third kappa shape index (κ3) is 4.69. The predicted octanol–water partition coefficient (Wildman–Crippen LogP) is 4.75. The van der Waals surface area contributed by atoms with Gasteiger partial charge in [-0.15, -0.1) is 0 Å². The molecule has 4 rings (SSSR count). The Balaban J connectivity index is 1.44. The standard InChI is InChI=1S/C22H25ClN2O3S2/c1-15-20(23)5-2-6-21(15)30(27,28)25-13-3-4-18(14-25)16-9-11-19(12-10-16)29-24-22(26)17-7-8-17/h2,5-6,9-12,17-18H,3-4,7-8,13-14H2,1H3,(H,24,26). The highest BCUT2D eigenvalue weighted by Crippen LogP contribution is 2.33. The fourth-order valence-corrected chi connectivity index (χ4v) is 6.44. The summed E-state index contributed by atoms with van der Waals surface area (Å²) in [7, 11) is -3.59. The number of rotatable bonds is 6. The van der Waals surface area contributed by atoms with Crippen LogP contribution in [-0.4, -0.2) is 31.7 Å². The van der Waals surface area contributed by atoms with Gasteiger partial charge in [0, 0.05) is 28.9 Å². The van der Waals surface area contributed by atoms with E-state index in [2.05, 4.69) is 4.72 Å². The summed E-state index contributed by atoms with van der Waals surface area (Å²) in [6, 6.07) is 13.1. The van der Waals surface area contributed by atoms with Crippen molar-refractivity contribution in [3.05, 3.63) is 58.6 Å². The van der Waals surface area contributed by atoms with Gasteiger partial charge in [-0.3, -0.25) is 9.52 Å². The minimum Gasteiger partial charge on any atom is -0.296 e. The van der Waals surface area contributed by atoms with Crippen LogP contribution in [0.15, 0.2) is 52.3 Å². The molecular formula is C22H25ClN2O3S2. The van der Waals surface area contributed by atoms with Crippen molar-refractivity contribution in [2.75, 3.05) is 13.1 Å². The van der Waals surface area contributed by atoms with Crippen LogP contribution in [0.5, 0.6) is 0 Å². The number of amides is 1. The van der Waals surface area contributed by atoms with Crippen LogP contribution >= 0.6 is 23.5 Å². The van der Waals surface area contributed by atoms with Crippen LogP contribution in [0.3, 0.4) is 0 Å². The molecule has 0 radical (unpaired) electrons. The molecule has 2 aliphatic rings. The van der Waals surface area contributed by atoms with E-state index in [4.69, 9.17) is 11.6 Å². The minimum atomic E-state index is -3.59. The minimum absolute atomic E-state index is 0.105. The largest absolute Gasteiger partial charge is 0.296 e. The van der Waals surface area contributed by atoms with E-state index in [0.29, 0.717) is 23.7 Å². The average molecular weight is 465 g/mol. The molecule has 1 amide bonds. The summed E-state index contributed by atoms with van der Waals surface area (Å²) in [6.45, 7) is 2.72. The van der Waals surface area contributed by atoms with Gasteiger partial charge < -0.3 is 0 Å². The van der Waals surface area contributed by atoms with Gasteiger partial charge in [0.2, 0.25) is 15.9 Å². The monoisotopic (exact) mass is 464 g/mol. The highest BCUT2D eigenvalue weighted by Gasteiger charge is 2.32. The number of sulfonamides is 1. The molecule has 1 aliphatic carbocycles.